The number of carbonyl (C=O) groups is 3. The molecule has 1 aromatic rings. The summed E-state index contributed by atoms with van der Waals surface area (Å²) >= 11 is 0. The quantitative estimate of drug-likeness (QED) is 0.819. The van der Waals surface area contributed by atoms with Gasteiger partial charge in [-0.3, -0.25) is 14.5 Å². The van der Waals surface area contributed by atoms with E-state index in [0.29, 0.717) is 24.9 Å². The fourth-order valence-corrected chi connectivity index (χ4v) is 4.01. The zero-order valence-electron chi connectivity index (χ0n) is 15.6. The Bertz CT molecular complexity index is 790. The molecule has 1 N–H and O–H groups in total. The van der Waals surface area contributed by atoms with Crippen LogP contribution in [0.4, 0.5) is 13.6 Å². The third-order valence-corrected chi connectivity index (χ3v) is 5.26. The fourth-order valence-electron chi connectivity index (χ4n) is 4.01. The number of benzene rings is 1. The molecule has 4 amide bonds. The first-order valence-corrected chi connectivity index (χ1v) is 8.99. The van der Waals surface area contributed by atoms with Crippen LogP contribution in [-0.2, 0) is 15.1 Å². The van der Waals surface area contributed by atoms with Crippen molar-refractivity contribution in [3.05, 3.63) is 35.4 Å². The minimum absolute atomic E-state index is 0.268. The Labute approximate surface area is 156 Å². The molecule has 3 atom stereocenters. The monoisotopic (exact) mass is 379 g/mol. The van der Waals surface area contributed by atoms with Gasteiger partial charge in [0.25, 0.3) is 5.91 Å². The molecule has 27 heavy (non-hydrogen) atoms. The second-order valence-electron chi connectivity index (χ2n) is 7.82. The summed E-state index contributed by atoms with van der Waals surface area (Å²) < 4.78 is 27.7. The number of imide groups is 1. The van der Waals surface area contributed by atoms with Gasteiger partial charge in [-0.1, -0.05) is 13.8 Å². The Kier molecular flexibility index (Phi) is 4.92. The summed E-state index contributed by atoms with van der Waals surface area (Å²) in [6, 6.07) is 1.92. The summed E-state index contributed by atoms with van der Waals surface area (Å²) in [4.78, 5) is 40.2. The van der Waals surface area contributed by atoms with E-state index < -0.39 is 35.7 Å². The molecule has 0 spiro atoms. The largest absolute Gasteiger partial charge is 0.341 e. The van der Waals surface area contributed by atoms with E-state index in [1.165, 1.54) is 6.92 Å². The van der Waals surface area contributed by atoms with Crippen molar-refractivity contribution in [2.24, 2.45) is 11.8 Å². The number of halogens is 2. The standard InChI is InChI=1S/C19H23F2N3O3/c1-11-6-12(2)9-23(8-11)16(25)10-24-17(26)19(3,22-18(24)27)14-7-13(20)4-5-15(14)21/h4-5,7,11-12H,6,8-10H2,1-3H3,(H,22,27)/t11-,12-,19-/m1/s1. The lowest BCUT2D eigenvalue weighted by Gasteiger charge is -2.35. The van der Waals surface area contributed by atoms with E-state index in [4.69, 9.17) is 0 Å². The average Bonchev–Trinajstić information content (AvgIpc) is 2.80. The van der Waals surface area contributed by atoms with Gasteiger partial charge in [0.15, 0.2) is 0 Å². The van der Waals surface area contributed by atoms with Gasteiger partial charge in [0, 0.05) is 18.7 Å². The molecule has 0 bridgehead atoms. The van der Waals surface area contributed by atoms with Crippen LogP contribution in [0.2, 0.25) is 0 Å². The van der Waals surface area contributed by atoms with Crippen molar-refractivity contribution in [1.29, 1.82) is 0 Å². The summed E-state index contributed by atoms with van der Waals surface area (Å²) in [6.07, 6.45) is 1.02. The molecule has 2 saturated heterocycles. The van der Waals surface area contributed by atoms with Gasteiger partial charge in [-0.2, -0.15) is 0 Å². The predicted octanol–water partition coefficient (Wildman–Crippen LogP) is 2.24. The lowest BCUT2D eigenvalue weighted by atomic mass is 9.91. The van der Waals surface area contributed by atoms with Gasteiger partial charge < -0.3 is 10.2 Å². The highest BCUT2D eigenvalue weighted by atomic mass is 19.1. The molecule has 2 aliphatic rings. The molecule has 1 aromatic carbocycles. The molecule has 0 saturated carbocycles. The minimum atomic E-state index is -1.76. The second-order valence-corrected chi connectivity index (χ2v) is 7.82. The summed E-state index contributed by atoms with van der Waals surface area (Å²) in [5, 5.41) is 2.40. The first-order chi connectivity index (χ1) is 12.6. The molecule has 146 valence electrons. The molecule has 0 radical (unpaired) electrons. The van der Waals surface area contributed by atoms with E-state index in [-0.39, 0.29) is 11.5 Å². The van der Waals surface area contributed by atoms with E-state index in [0.717, 1.165) is 29.5 Å². The number of carbonyl (C=O) groups excluding carboxylic acids is 3. The maximum absolute atomic E-state index is 14.2. The number of hydrogen-bond donors (Lipinski definition) is 1. The number of amides is 4. The maximum Gasteiger partial charge on any atom is 0.325 e. The van der Waals surface area contributed by atoms with Crippen LogP contribution in [0.25, 0.3) is 0 Å². The van der Waals surface area contributed by atoms with E-state index >= 15 is 0 Å². The topological polar surface area (TPSA) is 69.7 Å². The Hall–Kier alpha value is -2.51. The summed E-state index contributed by atoms with van der Waals surface area (Å²) in [5.74, 6) is -1.95. The van der Waals surface area contributed by atoms with E-state index in [2.05, 4.69) is 5.32 Å². The van der Waals surface area contributed by atoms with Crippen molar-refractivity contribution < 1.29 is 23.2 Å². The molecule has 0 aliphatic carbocycles. The highest BCUT2D eigenvalue weighted by Crippen LogP contribution is 2.31. The molecule has 3 rings (SSSR count). The lowest BCUT2D eigenvalue weighted by molar-refractivity contribution is -0.140. The number of nitrogens with zero attached hydrogens (tertiary/aromatic N) is 2. The molecule has 0 aromatic heterocycles. The van der Waals surface area contributed by atoms with Gasteiger partial charge in [-0.05, 0) is 43.4 Å². The van der Waals surface area contributed by atoms with Gasteiger partial charge in [0.05, 0.1) is 0 Å². The number of urea groups is 1. The van der Waals surface area contributed by atoms with Crippen LogP contribution in [0.15, 0.2) is 18.2 Å². The number of hydrogen-bond acceptors (Lipinski definition) is 3. The second kappa shape index (κ2) is 6.90. The Morgan fingerprint density at radius 2 is 1.85 bits per heavy atom. The molecule has 2 fully saturated rings. The van der Waals surface area contributed by atoms with E-state index in [1.54, 1.807) is 4.90 Å². The summed E-state index contributed by atoms with van der Waals surface area (Å²) in [6.45, 7) is 6.13. The van der Waals surface area contributed by atoms with Crippen LogP contribution in [0.5, 0.6) is 0 Å². The molecule has 8 heteroatoms. The highest BCUT2D eigenvalue weighted by molar-refractivity contribution is 6.09. The molecule has 2 aliphatic heterocycles. The third kappa shape index (κ3) is 3.52. The lowest BCUT2D eigenvalue weighted by Crippen LogP contribution is -2.48. The zero-order chi connectivity index (χ0) is 19.9. The zero-order valence-corrected chi connectivity index (χ0v) is 15.6. The number of rotatable bonds is 3. The average molecular weight is 379 g/mol. The molecule has 2 heterocycles. The van der Waals surface area contributed by atoms with Gasteiger partial charge in [0.2, 0.25) is 5.91 Å². The minimum Gasteiger partial charge on any atom is -0.341 e. The first kappa shape index (κ1) is 19.3. The summed E-state index contributed by atoms with van der Waals surface area (Å²) in [7, 11) is 0. The van der Waals surface area contributed by atoms with E-state index in [1.807, 2.05) is 13.8 Å². The Morgan fingerprint density at radius 1 is 1.22 bits per heavy atom. The Morgan fingerprint density at radius 3 is 2.48 bits per heavy atom. The highest BCUT2D eigenvalue weighted by Gasteiger charge is 2.51. The molecular formula is C19H23F2N3O3. The van der Waals surface area contributed by atoms with Crippen LogP contribution in [0.3, 0.4) is 0 Å². The number of likely N-dealkylation sites (tertiary alicyclic amines) is 1. The first-order valence-electron chi connectivity index (χ1n) is 8.99. The fraction of sp³-hybridized carbons (Fsp3) is 0.526. The molecule has 6 nitrogen and oxygen atoms in total. The predicted molar refractivity (Wildman–Crippen MR) is 93.5 cm³/mol. The van der Waals surface area contributed by atoms with Crippen LogP contribution in [0, 0.1) is 23.5 Å². The van der Waals surface area contributed by atoms with Gasteiger partial charge in [-0.15, -0.1) is 0 Å². The van der Waals surface area contributed by atoms with Crippen molar-refractivity contribution in [2.45, 2.75) is 32.7 Å². The van der Waals surface area contributed by atoms with Crippen LogP contribution < -0.4 is 5.32 Å². The SMILES string of the molecule is C[C@@H]1C[C@@H](C)CN(C(=O)CN2C(=O)N[C@](C)(c3cc(F)ccc3F)C2=O)C1. The van der Waals surface area contributed by atoms with Crippen LogP contribution >= 0.6 is 0 Å². The number of piperidine rings is 1. The Balaban J connectivity index is 1.80. The maximum atomic E-state index is 14.2. The van der Waals surface area contributed by atoms with Gasteiger partial charge in [-0.25, -0.2) is 13.6 Å². The van der Waals surface area contributed by atoms with Gasteiger partial charge >= 0.3 is 6.03 Å². The van der Waals surface area contributed by atoms with Crippen molar-refractivity contribution in [1.82, 2.24) is 15.1 Å². The van der Waals surface area contributed by atoms with E-state index in [9.17, 15) is 23.2 Å². The van der Waals surface area contributed by atoms with Gasteiger partial charge in [0.1, 0.15) is 23.7 Å². The third-order valence-electron chi connectivity index (χ3n) is 5.26. The summed E-state index contributed by atoms with van der Waals surface area (Å²) in [5.41, 5.74) is -2.03. The van der Waals surface area contributed by atoms with Crippen LogP contribution in [0.1, 0.15) is 32.8 Å². The molecular weight excluding hydrogens is 356 g/mol. The number of nitrogens with one attached hydrogen (secondary N) is 1. The van der Waals surface area contributed by atoms with Crippen molar-refractivity contribution in [2.75, 3.05) is 19.6 Å². The normalized spacial score (nSPS) is 28.5. The van der Waals surface area contributed by atoms with Crippen molar-refractivity contribution in [3.8, 4) is 0 Å². The smallest absolute Gasteiger partial charge is 0.325 e. The molecule has 0 unspecified atom stereocenters. The van der Waals surface area contributed by atoms with Crippen molar-refractivity contribution in [3.63, 3.8) is 0 Å². The van der Waals surface area contributed by atoms with Crippen molar-refractivity contribution >= 4 is 17.8 Å². The van der Waals surface area contributed by atoms with Crippen LogP contribution in [-0.4, -0.2) is 47.3 Å².